The van der Waals surface area contributed by atoms with Crippen molar-refractivity contribution in [1.29, 1.82) is 5.26 Å². The fraction of sp³-hybridized carbons (Fsp3) is 0.941. The molecule has 0 amide bonds. The van der Waals surface area contributed by atoms with Crippen LogP contribution in [0.25, 0.3) is 0 Å². The summed E-state index contributed by atoms with van der Waals surface area (Å²) in [6.07, 6.45) is 11.5. The van der Waals surface area contributed by atoms with E-state index in [1.165, 1.54) is 57.9 Å². The maximum absolute atomic E-state index is 9.36. The Morgan fingerprint density at radius 3 is 2.47 bits per heavy atom. The van der Waals surface area contributed by atoms with Crippen LogP contribution in [0, 0.1) is 16.7 Å². The van der Waals surface area contributed by atoms with Crippen molar-refractivity contribution in [3.05, 3.63) is 0 Å². The van der Waals surface area contributed by atoms with E-state index in [0.717, 1.165) is 19.0 Å². The second-order valence-corrected chi connectivity index (χ2v) is 6.54. The van der Waals surface area contributed by atoms with Gasteiger partial charge < -0.3 is 0 Å². The monoisotopic (exact) mass is 264 g/mol. The molecule has 19 heavy (non-hydrogen) atoms. The number of unbranched alkanes of at least 4 members (excludes halogenated alkanes) is 3. The van der Waals surface area contributed by atoms with Gasteiger partial charge in [-0.3, -0.25) is 4.90 Å². The van der Waals surface area contributed by atoms with E-state index in [9.17, 15) is 5.26 Å². The van der Waals surface area contributed by atoms with Crippen LogP contribution >= 0.6 is 0 Å². The zero-order valence-corrected chi connectivity index (χ0v) is 13.2. The summed E-state index contributed by atoms with van der Waals surface area (Å²) in [4.78, 5) is 2.62. The third-order valence-corrected chi connectivity index (χ3v) is 4.54. The number of hydrogen-bond donors (Lipinski definition) is 0. The first-order chi connectivity index (χ1) is 9.15. The molecule has 1 heterocycles. The summed E-state index contributed by atoms with van der Waals surface area (Å²) >= 11 is 0. The first-order valence-electron chi connectivity index (χ1n) is 8.30. The minimum Gasteiger partial charge on any atom is -0.299 e. The highest BCUT2D eigenvalue weighted by Crippen LogP contribution is 2.31. The largest absolute Gasteiger partial charge is 0.299 e. The van der Waals surface area contributed by atoms with E-state index >= 15 is 0 Å². The van der Waals surface area contributed by atoms with Crippen LogP contribution in [0.15, 0.2) is 0 Å². The van der Waals surface area contributed by atoms with Crippen molar-refractivity contribution in [3.8, 4) is 6.07 Å². The molecule has 1 rings (SSSR count). The number of nitriles is 1. The Morgan fingerprint density at radius 2 is 1.84 bits per heavy atom. The van der Waals surface area contributed by atoms with Crippen molar-refractivity contribution in [1.82, 2.24) is 4.90 Å². The molecule has 0 N–H and O–H groups in total. The molecule has 110 valence electrons. The van der Waals surface area contributed by atoms with Crippen LogP contribution in [0.1, 0.15) is 78.6 Å². The number of piperidine rings is 1. The molecule has 0 aliphatic carbocycles. The molecule has 1 fully saturated rings. The smallest absolute Gasteiger partial charge is 0.0700 e. The fourth-order valence-electron chi connectivity index (χ4n) is 3.26. The molecule has 2 nitrogen and oxygen atoms in total. The molecule has 1 aliphatic rings. The highest BCUT2D eigenvalue weighted by atomic mass is 15.2. The second-order valence-electron chi connectivity index (χ2n) is 6.54. The minimum absolute atomic E-state index is 0.104. The SMILES string of the molecule is CCCCCC(CCCC)N1CCCC(C)(C#N)C1. The van der Waals surface area contributed by atoms with Crippen LogP contribution in [0.4, 0.5) is 0 Å². The van der Waals surface area contributed by atoms with Gasteiger partial charge in [-0.1, -0.05) is 46.0 Å². The van der Waals surface area contributed by atoms with Gasteiger partial charge in [0.15, 0.2) is 0 Å². The van der Waals surface area contributed by atoms with Gasteiger partial charge in [-0.25, -0.2) is 0 Å². The van der Waals surface area contributed by atoms with Gasteiger partial charge in [0, 0.05) is 12.6 Å². The number of nitrogens with zero attached hydrogens (tertiary/aromatic N) is 2. The maximum atomic E-state index is 9.36. The van der Waals surface area contributed by atoms with E-state index in [2.05, 4.69) is 31.7 Å². The van der Waals surface area contributed by atoms with Gasteiger partial charge in [-0.05, 0) is 39.2 Å². The van der Waals surface area contributed by atoms with E-state index in [1.807, 2.05) is 0 Å². The second kappa shape index (κ2) is 8.59. The summed E-state index contributed by atoms with van der Waals surface area (Å²) in [5.74, 6) is 0. The van der Waals surface area contributed by atoms with Gasteiger partial charge >= 0.3 is 0 Å². The van der Waals surface area contributed by atoms with Crippen molar-refractivity contribution in [2.75, 3.05) is 13.1 Å². The standard InChI is InChI=1S/C17H32N2/c1-4-6-8-11-16(10-7-5-2)19-13-9-12-17(3,14-18)15-19/h16H,4-13,15H2,1-3H3. The quantitative estimate of drug-likeness (QED) is 0.591. The third kappa shape index (κ3) is 5.53. The minimum atomic E-state index is -0.104. The first kappa shape index (κ1) is 16.5. The van der Waals surface area contributed by atoms with Gasteiger partial charge in [0.05, 0.1) is 11.5 Å². The Hall–Kier alpha value is -0.550. The highest BCUT2D eigenvalue weighted by molar-refractivity contribution is 5.00. The zero-order chi connectivity index (χ0) is 14.1. The molecule has 0 radical (unpaired) electrons. The maximum Gasteiger partial charge on any atom is 0.0700 e. The Balaban J connectivity index is 2.54. The summed E-state index contributed by atoms with van der Waals surface area (Å²) < 4.78 is 0. The van der Waals surface area contributed by atoms with Crippen molar-refractivity contribution in [2.45, 2.75) is 84.6 Å². The van der Waals surface area contributed by atoms with Crippen LogP contribution in [0.2, 0.25) is 0 Å². The normalized spacial score (nSPS) is 26.0. The summed E-state index contributed by atoms with van der Waals surface area (Å²) in [5.41, 5.74) is -0.104. The number of rotatable bonds is 8. The average Bonchev–Trinajstić information content (AvgIpc) is 2.43. The summed E-state index contributed by atoms with van der Waals surface area (Å²) in [7, 11) is 0. The van der Waals surface area contributed by atoms with E-state index in [0.29, 0.717) is 0 Å². The summed E-state index contributed by atoms with van der Waals surface area (Å²) in [5, 5.41) is 9.36. The van der Waals surface area contributed by atoms with Crippen molar-refractivity contribution in [3.63, 3.8) is 0 Å². The topological polar surface area (TPSA) is 27.0 Å². The van der Waals surface area contributed by atoms with Crippen molar-refractivity contribution in [2.24, 2.45) is 5.41 Å². The van der Waals surface area contributed by atoms with Crippen LogP contribution in [-0.4, -0.2) is 24.0 Å². The molecule has 2 unspecified atom stereocenters. The summed E-state index contributed by atoms with van der Waals surface area (Å²) in [6.45, 7) is 8.89. The average molecular weight is 264 g/mol. The molecule has 2 heteroatoms. The van der Waals surface area contributed by atoms with Crippen molar-refractivity contribution < 1.29 is 0 Å². The van der Waals surface area contributed by atoms with E-state index in [1.54, 1.807) is 0 Å². The molecule has 2 atom stereocenters. The fourth-order valence-corrected chi connectivity index (χ4v) is 3.26. The van der Waals surface area contributed by atoms with E-state index in [-0.39, 0.29) is 5.41 Å². The molecule has 1 aliphatic heterocycles. The lowest BCUT2D eigenvalue weighted by molar-refractivity contribution is 0.0863. The zero-order valence-electron chi connectivity index (χ0n) is 13.2. The van der Waals surface area contributed by atoms with Crippen LogP contribution in [-0.2, 0) is 0 Å². The van der Waals surface area contributed by atoms with E-state index < -0.39 is 0 Å². The van der Waals surface area contributed by atoms with Crippen LogP contribution in [0.5, 0.6) is 0 Å². The Kier molecular flexibility index (Phi) is 7.46. The van der Waals surface area contributed by atoms with Crippen molar-refractivity contribution >= 4 is 0 Å². The lowest BCUT2D eigenvalue weighted by Crippen LogP contribution is -2.46. The lowest BCUT2D eigenvalue weighted by atomic mass is 9.82. The van der Waals surface area contributed by atoms with Gasteiger partial charge in [0.25, 0.3) is 0 Å². The highest BCUT2D eigenvalue weighted by Gasteiger charge is 2.33. The Bertz CT molecular complexity index is 281. The molecule has 1 saturated heterocycles. The predicted molar refractivity (Wildman–Crippen MR) is 82.0 cm³/mol. The molecule has 0 saturated carbocycles. The number of hydrogen-bond acceptors (Lipinski definition) is 2. The first-order valence-corrected chi connectivity index (χ1v) is 8.30. The molecule has 0 bridgehead atoms. The van der Waals surface area contributed by atoms with E-state index in [4.69, 9.17) is 0 Å². The van der Waals surface area contributed by atoms with Crippen LogP contribution in [0.3, 0.4) is 0 Å². The summed E-state index contributed by atoms with van der Waals surface area (Å²) in [6, 6.07) is 3.27. The molecule has 0 aromatic heterocycles. The third-order valence-electron chi connectivity index (χ3n) is 4.54. The lowest BCUT2D eigenvalue weighted by Gasteiger charge is -2.41. The predicted octanol–water partition coefficient (Wildman–Crippen LogP) is 4.75. The van der Waals surface area contributed by atoms with Gasteiger partial charge in [0.2, 0.25) is 0 Å². The van der Waals surface area contributed by atoms with Gasteiger partial charge in [-0.15, -0.1) is 0 Å². The Labute approximate surface area is 120 Å². The molecule has 0 spiro atoms. The molecule has 0 aromatic rings. The Morgan fingerprint density at radius 1 is 1.16 bits per heavy atom. The number of likely N-dealkylation sites (tertiary alicyclic amines) is 1. The van der Waals surface area contributed by atoms with Gasteiger partial charge in [-0.2, -0.15) is 5.26 Å². The molecule has 0 aromatic carbocycles. The van der Waals surface area contributed by atoms with Crippen LogP contribution < -0.4 is 0 Å². The van der Waals surface area contributed by atoms with Gasteiger partial charge in [0.1, 0.15) is 0 Å². The molecular weight excluding hydrogens is 232 g/mol. The molecular formula is C17H32N2.